The lowest BCUT2D eigenvalue weighted by Crippen LogP contribution is -2.30. The fraction of sp³-hybridized carbons (Fsp3) is 0.300. The molecular formula is C10H11F2NO2. The second-order valence-electron chi connectivity index (χ2n) is 3.29. The van der Waals surface area contributed by atoms with Gasteiger partial charge < -0.3 is 10.8 Å². The number of carbonyl (C=O) groups is 1. The van der Waals surface area contributed by atoms with Crippen LogP contribution in [-0.2, 0) is 11.2 Å². The van der Waals surface area contributed by atoms with Crippen LogP contribution >= 0.6 is 0 Å². The zero-order valence-corrected chi connectivity index (χ0v) is 8.13. The van der Waals surface area contributed by atoms with Gasteiger partial charge in [-0.25, -0.2) is 8.78 Å². The van der Waals surface area contributed by atoms with Crippen LogP contribution in [0.2, 0.25) is 0 Å². The molecule has 82 valence electrons. The molecule has 0 aromatic heterocycles. The molecule has 15 heavy (non-hydrogen) atoms. The minimum absolute atomic E-state index is 0.0246. The maximum atomic E-state index is 13.2. The normalized spacial score (nSPS) is 12.5. The number of phenols is 1. The maximum absolute atomic E-state index is 13.2. The SMILES string of the molecule is CC(=O)[C@@H](N)Cc1ccc(F)c(O)c1F. The van der Waals surface area contributed by atoms with Crippen molar-refractivity contribution in [2.45, 2.75) is 19.4 Å². The minimum Gasteiger partial charge on any atom is -0.503 e. The molecule has 5 heteroatoms. The number of halogens is 2. The molecule has 1 aromatic carbocycles. The van der Waals surface area contributed by atoms with Gasteiger partial charge in [-0.05, 0) is 25.0 Å². The Labute approximate surface area is 85.5 Å². The summed E-state index contributed by atoms with van der Waals surface area (Å²) in [6, 6.07) is 1.25. The molecule has 1 rings (SSSR count). The van der Waals surface area contributed by atoms with E-state index in [4.69, 9.17) is 10.8 Å². The van der Waals surface area contributed by atoms with Crippen LogP contribution in [0.25, 0.3) is 0 Å². The Bertz CT molecular complexity index is 393. The molecule has 0 amide bonds. The number of carbonyl (C=O) groups excluding carboxylic acids is 1. The molecule has 0 unspecified atom stereocenters. The van der Waals surface area contributed by atoms with Gasteiger partial charge in [0.2, 0.25) is 0 Å². The average molecular weight is 215 g/mol. The van der Waals surface area contributed by atoms with E-state index in [-0.39, 0.29) is 17.8 Å². The van der Waals surface area contributed by atoms with Crippen molar-refractivity contribution in [3.05, 3.63) is 29.3 Å². The lowest BCUT2D eigenvalue weighted by atomic mass is 10.0. The summed E-state index contributed by atoms with van der Waals surface area (Å²) in [5.74, 6) is -3.43. The first-order valence-corrected chi connectivity index (χ1v) is 4.35. The van der Waals surface area contributed by atoms with Crippen molar-refractivity contribution >= 4 is 5.78 Å². The van der Waals surface area contributed by atoms with Crippen LogP contribution < -0.4 is 5.73 Å². The van der Waals surface area contributed by atoms with E-state index < -0.39 is 23.4 Å². The molecule has 0 aliphatic rings. The number of aromatic hydroxyl groups is 1. The van der Waals surface area contributed by atoms with Gasteiger partial charge in [0.1, 0.15) is 5.78 Å². The Morgan fingerprint density at radius 1 is 1.53 bits per heavy atom. The number of benzene rings is 1. The molecule has 0 bridgehead atoms. The van der Waals surface area contributed by atoms with E-state index in [9.17, 15) is 13.6 Å². The van der Waals surface area contributed by atoms with Crippen LogP contribution in [0, 0.1) is 11.6 Å². The molecule has 0 saturated heterocycles. The topological polar surface area (TPSA) is 63.3 Å². The second kappa shape index (κ2) is 4.35. The standard InChI is InChI=1S/C10H11F2NO2/c1-5(14)8(13)4-6-2-3-7(11)10(15)9(6)12/h2-3,8,15H,4,13H2,1H3/t8-/m0/s1. The van der Waals surface area contributed by atoms with Gasteiger partial charge in [0.25, 0.3) is 0 Å². The first kappa shape index (κ1) is 11.6. The highest BCUT2D eigenvalue weighted by atomic mass is 19.1. The summed E-state index contributed by atoms with van der Waals surface area (Å²) < 4.78 is 25.9. The van der Waals surface area contributed by atoms with Crippen molar-refractivity contribution in [1.82, 2.24) is 0 Å². The molecule has 0 radical (unpaired) electrons. The number of hydrogen-bond acceptors (Lipinski definition) is 3. The van der Waals surface area contributed by atoms with Crippen LogP contribution in [0.5, 0.6) is 5.75 Å². The molecule has 0 fully saturated rings. The molecular weight excluding hydrogens is 204 g/mol. The van der Waals surface area contributed by atoms with Crippen molar-refractivity contribution in [3.63, 3.8) is 0 Å². The summed E-state index contributed by atoms with van der Waals surface area (Å²) in [4.78, 5) is 10.8. The largest absolute Gasteiger partial charge is 0.503 e. The third-order valence-corrected chi connectivity index (χ3v) is 2.11. The third-order valence-electron chi connectivity index (χ3n) is 2.11. The molecule has 0 aliphatic heterocycles. The van der Waals surface area contributed by atoms with Crippen LogP contribution in [-0.4, -0.2) is 16.9 Å². The number of phenolic OH excluding ortho intramolecular Hbond substituents is 1. The van der Waals surface area contributed by atoms with E-state index in [1.807, 2.05) is 0 Å². The highest BCUT2D eigenvalue weighted by Gasteiger charge is 2.16. The van der Waals surface area contributed by atoms with E-state index in [0.717, 1.165) is 12.1 Å². The van der Waals surface area contributed by atoms with E-state index >= 15 is 0 Å². The second-order valence-corrected chi connectivity index (χ2v) is 3.29. The molecule has 3 N–H and O–H groups in total. The summed E-state index contributed by atoms with van der Waals surface area (Å²) in [6.45, 7) is 1.28. The third kappa shape index (κ3) is 2.50. The first-order valence-electron chi connectivity index (χ1n) is 4.35. The molecule has 1 aromatic rings. The number of hydrogen-bond donors (Lipinski definition) is 2. The maximum Gasteiger partial charge on any atom is 0.188 e. The smallest absolute Gasteiger partial charge is 0.188 e. The monoisotopic (exact) mass is 215 g/mol. The Kier molecular flexibility index (Phi) is 3.36. The van der Waals surface area contributed by atoms with Gasteiger partial charge in [0.05, 0.1) is 6.04 Å². The van der Waals surface area contributed by atoms with E-state index in [2.05, 4.69) is 0 Å². The Morgan fingerprint density at radius 2 is 2.13 bits per heavy atom. The zero-order valence-electron chi connectivity index (χ0n) is 8.13. The summed E-state index contributed by atoms with van der Waals surface area (Å²) in [7, 11) is 0. The van der Waals surface area contributed by atoms with E-state index in [1.165, 1.54) is 6.92 Å². The van der Waals surface area contributed by atoms with Crippen molar-refractivity contribution in [2.75, 3.05) is 0 Å². The molecule has 3 nitrogen and oxygen atoms in total. The fourth-order valence-electron chi connectivity index (χ4n) is 1.12. The summed E-state index contributed by atoms with van der Waals surface area (Å²) in [5.41, 5.74) is 5.44. The summed E-state index contributed by atoms with van der Waals surface area (Å²) in [5, 5.41) is 8.96. The number of rotatable bonds is 3. The molecule has 1 atom stereocenters. The minimum atomic E-state index is -1.06. The first-order chi connectivity index (χ1) is 6.93. The Morgan fingerprint density at radius 3 is 2.67 bits per heavy atom. The van der Waals surface area contributed by atoms with Crippen LogP contribution in [0.3, 0.4) is 0 Å². The Hall–Kier alpha value is -1.49. The predicted octanol–water partition coefficient (Wildman–Crippen LogP) is 1.13. The fourth-order valence-corrected chi connectivity index (χ4v) is 1.12. The zero-order chi connectivity index (χ0) is 11.6. The highest BCUT2D eigenvalue weighted by Crippen LogP contribution is 2.23. The summed E-state index contributed by atoms with van der Waals surface area (Å²) >= 11 is 0. The van der Waals surface area contributed by atoms with Crippen molar-refractivity contribution in [3.8, 4) is 5.75 Å². The molecule has 0 heterocycles. The van der Waals surface area contributed by atoms with Crippen LogP contribution in [0.15, 0.2) is 12.1 Å². The van der Waals surface area contributed by atoms with E-state index in [0.29, 0.717) is 0 Å². The van der Waals surface area contributed by atoms with Crippen LogP contribution in [0.1, 0.15) is 12.5 Å². The number of ketones is 1. The van der Waals surface area contributed by atoms with Gasteiger partial charge in [-0.3, -0.25) is 4.79 Å². The number of Topliss-reactive ketones (excluding diaryl/α,β-unsaturated/α-hetero) is 1. The lowest BCUT2D eigenvalue weighted by Gasteiger charge is -2.09. The van der Waals surface area contributed by atoms with Crippen molar-refractivity contribution in [1.29, 1.82) is 0 Å². The summed E-state index contributed by atoms with van der Waals surface area (Å²) in [6.07, 6.45) is -0.0605. The highest BCUT2D eigenvalue weighted by molar-refractivity contribution is 5.81. The van der Waals surface area contributed by atoms with Gasteiger partial charge in [-0.1, -0.05) is 6.07 Å². The molecule has 0 spiro atoms. The van der Waals surface area contributed by atoms with Gasteiger partial charge in [0.15, 0.2) is 17.4 Å². The van der Waals surface area contributed by atoms with Gasteiger partial charge in [-0.2, -0.15) is 0 Å². The molecule has 0 aliphatic carbocycles. The Balaban J connectivity index is 2.97. The van der Waals surface area contributed by atoms with Crippen molar-refractivity contribution in [2.24, 2.45) is 5.73 Å². The predicted molar refractivity (Wildman–Crippen MR) is 50.4 cm³/mol. The van der Waals surface area contributed by atoms with Crippen molar-refractivity contribution < 1.29 is 18.7 Å². The molecule has 0 saturated carbocycles. The average Bonchev–Trinajstić information content (AvgIpc) is 2.18. The number of nitrogens with two attached hydrogens (primary N) is 1. The van der Waals surface area contributed by atoms with E-state index in [1.54, 1.807) is 0 Å². The lowest BCUT2D eigenvalue weighted by molar-refractivity contribution is -0.118. The quantitative estimate of drug-likeness (QED) is 0.794. The van der Waals surface area contributed by atoms with Gasteiger partial charge in [0, 0.05) is 0 Å². The van der Waals surface area contributed by atoms with Gasteiger partial charge >= 0.3 is 0 Å². The van der Waals surface area contributed by atoms with Crippen LogP contribution in [0.4, 0.5) is 8.78 Å². The van der Waals surface area contributed by atoms with Gasteiger partial charge in [-0.15, -0.1) is 0 Å².